The van der Waals surface area contributed by atoms with E-state index in [1.807, 2.05) is 17.5 Å². The van der Waals surface area contributed by atoms with E-state index >= 15 is 0 Å². The quantitative estimate of drug-likeness (QED) is 0.542. The number of thiophene rings is 1. The van der Waals surface area contributed by atoms with E-state index in [1.165, 1.54) is 33.9 Å². The van der Waals surface area contributed by atoms with Gasteiger partial charge in [-0.25, -0.2) is 14.1 Å². The minimum absolute atomic E-state index is 0.137. The van der Waals surface area contributed by atoms with E-state index in [0.717, 1.165) is 4.88 Å². The minimum Gasteiger partial charge on any atom is -0.351 e. The molecule has 1 amide bonds. The normalized spacial score (nSPS) is 11.0. The fourth-order valence-electron chi connectivity index (χ4n) is 2.79. The van der Waals surface area contributed by atoms with E-state index < -0.39 is 0 Å². The summed E-state index contributed by atoms with van der Waals surface area (Å²) >= 11 is 1.57. The number of hydrogen-bond donors (Lipinski definition) is 1. The van der Waals surface area contributed by atoms with Crippen LogP contribution in [0.5, 0.6) is 0 Å². The lowest BCUT2D eigenvalue weighted by molar-refractivity contribution is -0.121. The average molecular weight is 397 g/mol. The monoisotopic (exact) mass is 397 g/mol. The summed E-state index contributed by atoms with van der Waals surface area (Å²) in [5, 5.41) is 9.31. The standard InChI is InChI=1S/C19H16FN5O2S/c20-13-3-5-14(6-4-13)25-18-16(11-23-25)19(27)24(12-22-18)8-7-17(26)21-10-15-2-1-9-28-15/h1-6,9,11-12H,7-8,10H2,(H,21,26). The molecule has 0 aliphatic rings. The summed E-state index contributed by atoms with van der Waals surface area (Å²) < 4.78 is 16.0. The summed E-state index contributed by atoms with van der Waals surface area (Å²) in [6, 6.07) is 9.64. The van der Waals surface area contributed by atoms with E-state index in [0.29, 0.717) is 23.3 Å². The first-order valence-electron chi connectivity index (χ1n) is 8.60. The number of nitrogens with zero attached hydrogens (tertiary/aromatic N) is 4. The van der Waals surface area contributed by atoms with Crippen molar-refractivity contribution in [2.75, 3.05) is 0 Å². The van der Waals surface area contributed by atoms with E-state index in [2.05, 4.69) is 15.4 Å². The third-order valence-electron chi connectivity index (χ3n) is 4.25. The van der Waals surface area contributed by atoms with Crippen molar-refractivity contribution in [3.8, 4) is 5.69 Å². The molecule has 0 saturated heterocycles. The molecule has 28 heavy (non-hydrogen) atoms. The molecule has 0 fully saturated rings. The summed E-state index contributed by atoms with van der Waals surface area (Å²) in [6.45, 7) is 0.701. The van der Waals surface area contributed by atoms with Crippen molar-refractivity contribution in [3.63, 3.8) is 0 Å². The number of carbonyl (C=O) groups excluding carboxylic acids is 1. The van der Waals surface area contributed by atoms with Crippen molar-refractivity contribution in [3.05, 3.63) is 75.4 Å². The Bertz CT molecular complexity index is 1170. The molecule has 0 saturated carbocycles. The van der Waals surface area contributed by atoms with Crippen LogP contribution in [-0.2, 0) is 17.9 Å². The molecule has 0 bridgehead atoms. The van der Waals surface area contributed by atoms with Gasteiger partial charge in [0.25, 0.3) is 5.56 Å². The topological polar surface area (TPSA) is 81.8 Å². The highest BCUT2D eigenvalue weighted by molar-refractivity contribution is 7.09. The van der Waals surface area contributed by atoms with Crippen LogP contribution in [0.2, 0.25) is 0 Å². The minimum atomic E-state index is -0.354. The van der Waals surface area contributed by atoms with E-state index in [4.69, 9.17) is 0 Å². The highest BCUT2D eigenvalue weighted by Crippen LogP contribution is 2.14. The van der Waals surface area contributed by atoms with Gasteiger partial charge >= 0.3 is 0 Å². The summed E-state index contributed by atoms with van der Waals surface area (Å²) in [6.07, 6.45) is 3.00. The van der Waals surface area contributed by atoms with E-state index in [9.17, 15) is 14.0 Å². The van der Waals surface area contributed by atoms with Crippen molar-refractivity contribution in [1.29, 1.82) is 0 Å². The van der Waals surface area contributed by atoms with Crippen LogP contribution in [0.3, 0.4) is 0 Å². The number of aryl methyl sites for hydroxylation is 1. The predicted octanol–water partition coefficient (Wildman–Crippen LogP) is 2.49. The third kappa shape index (κ3) is 3.70. The largest absolute Gasteiger partial charge is 0.351 e. The SMILES string of the molecule is O=C(CCn1cnc2c(cnn2-c2ccc(F)cc2)c1=O)NCc1cccs1. The molecule has 4 rings (SSSR count). The van der Waals surface area contributed by atoms with Gasteiger partial charge < -0.3 is 5.32 Å². The molecule has 0 radical (unpaired) electrons. The van der Waals surface area contributed by atoms with Crippen LogP contribution < -0.4 is 10.9 Å². The number of nitrogens with one attached hydrogen (secondary N) is 1. The fraction of sp³-hybridized carbons (Fsp3) is 0.158. The summed E-state index contributed by atoms with van der Waals surface area (Å²) in [5.74, 6) is -0.490. The molecule has 0 aliphatic carbocycles. The highest BCUT2D eigenvalue weighted by atomic mass is 32.1. The Morgan fingerprint density at radius 3 is 2.79 bits per heavy atom. The number of rotatable bonds is 6. The maximum atomic E-state index is 13.1. The highest BCUT2D eigenvalue weighted by Gasteiger charge is 2.12. The molecule has 1 N–H and O–H groups in total. The van der Waals surface area contributed by atoms with Crippen molar-refractivity contribution < 1.29 is 9.18 Å². The number of fused-ring (bicyclic) bond motifs is 1. The van der Waals surface area contributed by atoms with Crippen LogP contribution in [0, 0.1) is 5.82 Å². The molecule has 0 atom stereocenters. The van der Waals surface area contributed by atoms with Gasteiger partial charge in [-0.05, 0) is 35.7 Å². The number of carbonyl (C=O) groups is 1. The Hall–Kier alpha value is -3.33. The van der Waals surface area contributed by atoms with Crippen molar-refractivity contribution in [1.82, 2.24) is 24.6 Å². The number of aromatic nitrogens is 4. The Balaban J connectivity index is 1.48. The third-order valence-corrected chi connectivity index (χ3v) is 5.12. The van der Waals surface area contributed by atoms with Crippen molar-refractivity contribution in [2.45, 2.75) is 19.5 Å². The van der Waals surface area contributed by atoms with Crippen LogP contribution >= 0.6 is 11.3 Å². The Morgan fingerprint density at radius 2 is 2.04 bits per heavy atom. The van der Waals surface area contributed by atoms with Gasteiger partial charge in [0, 0.05) is 17.8 Å². The number of amides is 1. The van der Waals surface area contributed by atoms with Gasteiger partial charge in [0.2, 0.25) is 5.91 Å². The van der Waals surface area contributed by atoms with Crippen LogP contribution in [-0.4, -0.2) is 25.2 Å². The molecule has 142 valence electrons. The van der Waals surface area contributed by atoms with Crippen LogP contribution in [0.15, 0.2) is 59.1 Å². The molecule has 0 unspecified atom stereocenters. The lowest BCUT2D eigenvalue weighted by Gasteiger charge is -2.07. The van der Waals surface area contributed by atoms with Crippen molar-refractivity contribution in [2.24, 2.45) is 0 Å². The molecule has 0 spiro atoms. The van der Waals surface area contributed by atoms with Crippen molar-refractivity contribution >= 4 is 28.3 Å². The molecule has 0 aliphatic heterocycles. The lowest BCUT2D eigenvalue weighted by atomic mass is 10.3. The van der Waals surface area contributed by atoms with E-state index in [-0.39, 0.29) is 30.2 Å². The van der Waals surface area contributed by atoms with Gasteiger partial charge in [-0.3, -0.25) is 14.2 Å². The number of halogens is 1. The maximum absolute atomic E-state index is 13.1. The zero-order chi connectivity index (χ0) is 19.5. The summed E-state index contributed by atoms with van der Waals surface area (Å²) in [5.41, 5.74) is 0.716. The van der Waals surface area contributed by atoms with Gasteiger partial charge in [-0.15, -0.1) is 11.3 Å². The molecule has 4 aromatic rings. The van der Waals surface area contributed by atoms with Crippen LogP contribution in [0.4, 0.5) is 4.39 Å². The molecule has 3 heterocycles. The molecule has 9 heteroatoms. The number of hydrogen-bond acceptors (Lipinski definition) is 5. The Kier molecular flexibility index (Phi) is 4.98. The second kappa shape index (κ2) is 7.73. The lowest BCUT2D eigenvalue weighted by Crippen LogP contribution is -2.27. The number of benzene rings is 1. The van der Waals surface area contributed by atoms with Gasteiger partial charge in [0.1, 0.15) is 11.2 Å². The Labute approximate surface area is 163 Å². The summed E-state index contributed by atoms with van der Waals surface area (Å²) in [4.78, 5) is 30.1. The summed E-state index contributed by atoms with van der Waals surface area (Å²) in [7, 11) is 0. The molecule has 1 aromatic carbocycles. The second-order valence-electron chi connectivity index (χ2n) is 6.12. The molecule has 7 nitrogen and oxygen atoms in total. The van der Waals surface area contributed by atoms with Gasteiger partial charge in [-0.2, -0.15) is 5.10 Å². The first kappa shape index (κ1) is 18.1. The van der Waals surface area contributed by atoms with E-state index in [1.54, 1.807) is 23.5 Å². The molecular weight excluding hydrogens is 381 g/mol. The van der Waals surface area contributed by atoms with Gasteiger partial charge in [-0.1, -0.05) is 6.07 Å². The van der Waals surface area contributed by atoms with Gasteiger partial charge in [0.15, 0.2) is 5.65 Å². The molecule has 3 aromatic heterocycles. The predicted molar refractivity (Wildman–Crippen MR) is 104 cm³/mol. The van der Waals surface area contributed by atoms with Gasteiger partial charge in [0.05, 0.1) is 24.8 Å². The Morgan fingerprint density at radius 1 is 1.21 bits per heavy atom. The first-order valence-corrected chi connectivity index (χ1v) is 9.48. The first-order chi connectivity index (χ1) is 13.6. The smallest absolute Gasteiger partial charge is 0.264 e. The fourth-order valence-corrected chi connectivity index (χ4v) is 3.43. The second-order valence-corrected chi connectivity index (χ2v) is 7.15. The zero-order valence-corrected chi connectivity index (χ0v) is 15.5. The van der Waals surface area contributed by atoms with Crippen LogP contribution in [0.25, 0.3) is 16.7 Å². The van der Waals surface area contributed by atoms with Crippen LogP contribution in [0.1, 0.15) is 11.3 Å². The average Bonchev–Trinajstić information content (AvgIpc) is 3.36. The maximum Gasteiger partial charge on any atom is 0.264 e. The zero-order valence-electron chi connectivity index (χ0n) is 14.7. The molecular formula is C19H16FN5O2S.